The van der Waals surface area contributed by atoms with Gasteiger partial charge in [0.05, 0.1) is 0 Å². The fourth-order valence-corrected chi connectivity index (χ4v) is 2.62. The molecule has 1 atom stereocenters. The summed E-state index contributed by atoms with van der Waals surface area (Å²) in [6, 6.07) is 18.7. The second kappa shape index (κ2) is 8.75. The average molecular weight is 301 g/mol. The highest BCUT2D eigenvalue weighted by Gasteiger charge is 2.02. The Bertz CT molecular complexity index is 530. The molecule has 21 heavy (non-hydrogen) atoms. The molecular formula is C18H23NOS. The molecule has 0 amide bonds. The molecule has 0 saturated heterocycles. The number of nitrogens with one attached hydrogen (secondary N) is 1. The van der Waals surface area contributed by atoms with Crippen LogP contribution < -0.4 is 10.1 Å². The van der Waals surface area contributed by atoms with Crippen molar-refractivity contribution in [3.05, 3.63) is 60.2 Å². The topological polar surface area (TPSA) is 21.3 Å². The van der Waals surface area contributed by atoms with Crippen molar-refractivity contribution in [2.75, 3.05) is 12.0 Å². The Morgan fingerprint density at radius 1 is 1.05 bits per heavy atom. The normalized spacial score (nSPS) is 12.1. The van der Waals surface area contributed by atoms with Gasteiger partial charge >= 0.3 is 0 Å². The standard InChI is InChI=1S/C18H23NOS/c1-15(11-12-21-2)19-14-16-7-6-10-18(13-16)20-17-8-4-3-5-9-17/h3-10,13,15,19H,11-12,14H2,1-2H3. The average Bonchev–Trinajstić information content (AvgIpc) is 2.52. The van der Waals surface area contributed by atoms with Crippen LogP contribution in [0.3, 0.4) is 0 Å². The lowest BCUT2D eigenvalue weighted by molar-refractivity contribution is 0.480. The van der Waals surface area contributed by atoms with Crippen LogP contribution in [0.1, 0.15) is 18.9 Å². The van der Waals surface area contributed by atoms with Gasteiger partial charge < -0.3 is 10.1 Å². The summed E-state index contributed by atoms with van der Waals surface area (Å²) in [5.41, 5.74) is 1.25. The first-order chi connectivity index (χ1) is 10.3. The molecule has 112 valence electrons. The molecule has 0 aliphatic rings. The lowest BCUT2D eigenvalue weighted by Crippen LogP contribution is -2.25. The van der Waals surface area contributed by atoms with E-state index in [0.717, 1.165) is 18.0 Å². The van der Waals surface area contributed by atoms with Gasteiger partial charge in [-0.2, -0.15) is 11.8 Å². The Hall–Kier alpha value is -1.45. The van der Waals surface area contributed by atoms with Crippen molar-refractivity contribution >= 4 is 11.8 Å². The highest BCUT2D eigenvalue weighted by Crippen LogP contribution is 2.21. The number of hydrogen-bond acceptors (Lipinski definition) is 3. The third-order valence-electron chi connectivity index (χ3n) is 3.29. The van der Waals surface area contributed by atoms with Gasteiger partial charge in [0.15, 0.2) is 0 Å². The zero-order chi connectivity index (χ0) is 14.9. The maximum absolute atomic E-state index is 5.86. The van der Waals surface area contributed by atoms with E-state index in [2.05, 4.69) is 30.6 Å². The summed E-state index contributed by atoms with van der Waals surface area (Å²) in [6.45, 7) is 3.11. The SMILES string of the molecule is CSCCC(C)NCc1cccc(Oc2ccccc2)c1. The second-order valence-electron chi connectivity index (χ2n) is 5.13. The van der Waals surface area contributed by atoms with Gasteiger partial charge in [-0.1, -0.05) is 30.3 Å². The van der Waals surface area contributed by atoms with Gasteiger partial charge in [-0.05, 0) is 55.2 Å². The predicted octanol–water partition coefficient (Wildman–Crippen LogP) is 4.71. The molecule has 0 saturated carbocycles. The summed E-state index contributed by atoms with van der Waals surface area (Å²) in [7, 11) is 0. The van der Waals surface area contributed by atoms with Crippen molar-refractivity contribution in [3.63, 3.8) is 0 Å². The molecule has 0 heterocycles. The number of hydrogen-bond donors (Lipinski definition) is 1. The van der Waals surface area contributed by atoms with Gasteiger partial charge in [-0.3, -0.25) is 0 Å². The molecule has 0 radical (unpaired) electrons. The monoisotopic (exact) mass is 301 g/mol. The van der Waals surface area contributed by atoms with Gasteiger partial charge in [0.1, 0.15) is 11.5 Å². The van der Waals surface area contributed by atoms with E-state index in [1.165, 1.54) is 17.7 Å². The quantitative estimate of drug-likeness (QED) is 0.763. The van der Waals surface area contributed by atoms with Crippen LogP contribution in [0.15, 0.2) is 54.6 Å². The van der Waals surface area contributed by atoms with E-state index in [-0.39, 0.29) is 0 Å². The predicted molar refractivity (Wildman–Crippen MR) is 92.3 cm³/mol. The number of thioether (sulfide) groups is 1. The van der Waals surface area contributed by atoms with E-state index in [1.807, 2.05) is 54.2 Å². The van der Waals surface area contributed by atoms with Gasteiger partial charge in [-0.15, -0.1) is 0 Å². The minimum absolute atomic E-state index is 0.538. The number of ether oxygens (including phenoxy) is 1. The zero-order valence-electron chi connectivity index (χ0n) is 12.7. The van der Waals surface area contributed by atoms with Gasteiger partial charge in [0.25, 0.3) is 0 Å². The highest BCUT2D eigenvalue weighted by atomic mass is 32.2. The van der Waals surface area contributed by atoms with Crippen molar-refractivity contribution in [3.8, 4) is 11.5 Å². The third-order valence-corrected chi connectivity index (χ3v) is 3.93. The van der Waals surface area contributed by atoms with E-state index in [0.29, 0.717) is 6.04 Å². The maximum Gasteiger partial charge on any atom is 0.127 e. The first kappa shape index (κ1) is 15.9. The molecule has 1 N–H and O–H groups in total. The second-order valence-corrected chi connectivity index (χ2v) is 6.11. The Morgan fingerprint density at radius 3 is 2.57 bits per heavy atom. The molecule has 2 nitrogen and oxygen atoms in total. The minimum Gasteiger partial charge on any atom is -0.457 e. The number of benzene rings is 2. The summed E-state index contributed by atoms with van der Waals surface area (Å²) in [5, 5.41) is 3.56. The summed E-state index contributed by atoms with van der Waals surface area (Å²) in [4.78, 5) is 0. The fraction of sp³-hybridized carbons (Fsp3) is 0.333. The summed E-state index contributed by atoms with van der Waals surface area (Å²) < 4.78 is 5.86. The van der Waals surface area contributed by atoms with E-state index in [9.17, 15) is 0 Å². The van der Waals surface area contributed by atoms with Crippen LogP contribution in [0.5, 0.6) is 11.5 Å². The Kier molecular flexibility index (Phi) is 6.64. The van der Waals surface area contributed by atoms with Crippen LogP contribution in [0.4, 0.5) is 0 Å². The van der Waals surface area contributed by atoms with Crippen LogP contribution in [-0.4, -0.2) is 18.1 Å². The van der Waals surface area contributed by atoms with E-state index < -0.39 is 0 Å². The van der Waals surface area contributed by atoms with Crippen LogP contribution >= 0.6 is 11.8 Å². The van der Waals surface area contributed by atoms with Crippen molar-refractivity contribution in [2.24, 2.45) is 0 Å². The van der Waals surface area contributed by atoms with Crippen LogP contribution in [-0.2, 0) is 6.54 Å². The number of para-hydroxylation sites is 1. The molecule has 2 aromatic carbocycles. The Morgan fingerprint density at radius 2 is 1.81 bits per heavy atom. The van der Waals surface area contributed by atoms with Gasteiger partial charge in [0.2, 0.25) is 0 Å². The lowest BCUT2D eigenvalue weighted by atomic mass is 10.2. The first-order valence-electron chi connectivity index (χ1n) is 7.32. The van der Waals surface area contributed by atoms with Gasteiger partial charge in [-0.25, -0.2) is 0 Å². The molecule has 0 fully saturated rings. The molecule has 0 spiro atoms. The van der Waals surface area contributed by atoms with Crippen molar-refractivity contribution in [2.45, 2.75) is 25.9 Å². The molecule has 2 aromatic rings. The van der Waals surface area contributed by atoms with Crippen LogP contribution in [0, 0.1) is 0 Å². The molecule has 0 aliphatic heterocycles. The molecule has 3 heteroatoms. The van der Waals surface area contributed by atoms with Gasteiger partial charge in [0, 0.05) is 12.6 Å². The zero-order valence-corrected chi connectivity index (χ0v) is 13.5. The van der Waals surface area contributed by atoms with E-state index >= 15 is 0 Å². The molecule has 0 aromatic heterocycles. The highest BCUT2D eigenvalue weighted by molar-refractivity contribution is 7.98. The van der Waals surface area contributed by atoms with Crippen molar-refractivity contribution in [1.29, 1.82) is 0 Å². The molecule has 0 aliphatic carbocycles. The maximum atomic E-state index is 5.86. The summed E-state index contributed by atoms with van der Waals surface area (Å²) in [5.74, 6) is 2.96. The Labute approximate surface area is 131 Å². The van der Waals surface area contributed by atoms with E-state index in [4.69, 9.17) is 4.74 Å². The molecular weight excluding hydrogens is 278 g/mol. The first-order valence-corrected chi connectivity index (χ1v) is 8.71. The Balaban J connectivity index is 1.89. The minimum atomic E-state index is 0.538. The molecule has 1 unspecified atom stereocenters. The fourth-order valence-electron chi connectivity index (χ4n) is 2.03. The van der Waals surface area contributed by atoms with Crippen molar-refractivity contribution < 1.29 is 4.74 Å². The smallest absolute Gasteiger partial charge is 0.127 e. The number of rotatable bonds is 8. The molecule has 2 rings (SSSR count). The largest absolute Gasteiger partial charge is 0.457 e. The van der Waals surface area contributed by atoms with Crippen LogP contribution in [0.25, 0.3) is 0 Å². The summed E-state index contributed by atoms with van der Waals surface area (Å²) in [6.07, 6.45) is 3.35. The molecule has 0 bridgehead atoms. The lowest BCUT2D eigenvalue weighted by Gasteiger charge is -2.14. The summed E-state index contributed by atoms with van der Waals surface area (Å²) >= 11 is 1.90. The van der Waals surface area contributed by atoms with Crippen molar-refractivity contribution in [1.82, 2.24) is 5.32 Å². The van der Waals surface area contributed by atoms with Crippen LogP contribution in [0.2, 0.25) is 0 Å². The third kappa shape index (κ3) is 5.82. The van der Waals surface area contributed by atoms with E-state index in [1.54, 1.807) is 0 Å².